The molecular weight excluding hydrogens is 282 g/mol. The van der Waals surface area contributed by atoms with Gasteiger partial charge in [0, 0.05) is 32.4 Å². The van der Waals surface area contributed by atoms with Crippen LogP contribution in [0.25, 0.3) is 31.0 Å². The zero-order valence-corrected chi connectivity index (χ0v) is 12.2. The molecule has 0 spiro atoms. The van der Waals surface area contributed by atoms with Gasteiger partial charge in [0.1, 0.15) is 0 Å². The van der Waals surface area contributed by atoms with E-state index < -0.39 is 0 Å². The molecular formula is C17H11NS2. The van der Waals surface area contributed by atoms with Gasteiger partial charge >= 0.3 is 0 Å². The molecule has 1 nitrogen and oxygen atoms in total. The Morgan fingerprint density at radius 1 is 0.800 bits per heavy atom. The molecule has 0 unspecified atom stereocenters. The zero-order chi connectivity index (χ0) is 13.4. The number of hydrogen-bond donors (Lipinski definition) is 0. The van der Waals surface area contributed by atoms with Crippen molar-refractivity contribution in [2.75, 3.05) is 0 Å². The summed E-state index contributed by atoms with van der Waals surface area (Å²) in [6.07, 6.45) is 3.78. The minimum absolute atomic E-state index is 1.19. The lowest BCUT2D eigenvalue weighted by Gasteiger charge is -2.03. The Labute approximate surface area is 125 Å². The number of thiophene rings is 2. The SMILES string of the molecule is c1csc(-c2ccc(-c3cccc4cnccc34)s2)c1. The van der Waals surface area contributed by atoms with Crippen molar-refractivity contribution in [3.8, 4) is 20.2 Å². The highest BCUT2D eigenvalue weighted by Gasteiger charge is 2.08. The summed E-state index contributed by atoms with van der Waals surface area (Å²) < 4.78 is 0. The Morgan fingerprint density at radius 3 is 2.65 bits per heavy atom. The van der Waals surface area contributed by atoms with Crippen LogP contribution in [0.4, 0.5) is 0 Å². The van der Waals surface area contributed by atoms with Crippen molar-refractivity contribution in [1.82, 2.24) is 4.98 Å². The van der Waals surface area contributed by atoms with E-state index in [1.165, 1.54) is 31.0 Å². The first kappa shape index (κ1) is 11.8. The Bertz CT molecular complexity index is 854. The second-order valence-electron chi connectivity index (χ2n) is 4.54. The molecule has 4 aromatic rings. The molecule has 3 heterocycles. The molecule has 0 atom stereocenters. The smallest absolute Gasteiger partial charge is 0.0449 e. The monoisotopic (exact) mass is 293 g/mol. The van der Waals surface area contributed by atoms with Gasteiger partial charge in [-0.3, -0.25) is 4.98 Å². The summed E-state index contributed by atoms with van der Waals surface area (Å²) in [5.41, 5.74) is 1.29. The Hall–Kier alpha value is -1.97. The van der Waals surface area contributed by atoms with E-state index in [-0.39, 0.29) is 0 Å². The number of hydrogen-bond acceptors (Lipinski definition) is 3. The van der Waals surface area contributed by atoms with Crippen molar-refractivity contribution in [2.45, 2.75) is 0 Å². The molecule has 0 aliphatic rings. The van der Waals surface area contributed by atoms with Crippen LogP contribution in [0.15, 0.2) is 66.3 Å². The van der Waals surface area contributed by atoms with E-state index in [9.17, 15) is 0 Å². The highest BCUT2D eigenvalue weighted by molar-refractivity contribution is 7.23. The van der Waals surface area contributed by atoms with Crippen molar-refractivity contribution < 1.29 is 0 Å². The first-order valence-electron chi connectivity index (χ1n) is 6.39. The fourth-order valence-corrected chi connectivity index (χ4v) is 4.25. The molecule has 1 aromatic carbocycles. The topological polar surface area (TPSA) is 12.9 Å². The van der Waals surface area contributed by atoms with Crippen LogP contribution in [0.1, 0.15) is 0 Å². The summed E-state index contributed by atoms with van der Waals surface area (Å²) in [5, 5.41) is 4.58. The minimum atomic E-state index is 1.19. The van der Waals surface area contributed by atoms with Gasteiger partial charge in [0.2, 0.25) is 0 Å². The third-order valence-corrected chi connectivity index (χ3v) is 5.50. The van der Waals surface area contributed by atoms with E-state index in [2.05, 4.69) is 58.9 Å². The highest BCUT2D eigenvalue weighted by Crippen LogP contribution is 2.38. The number of benzene rings is 1. The number of nitrogens with zero attached hydrogens (tertiary/aromatic N) is 1. The molecule has 0 fully saturated rings. The third-order valence-electron chi connectivity index (χ3n) is 3.32. The van der Waals surface area contributed by atoms with Gasteiger partial charge in [0.25, 0.3) is 0 Å². The van der Waals surface area contributed by atoms with Crippen molar-refractivity contribution >= 4 is 33.4 Å². The molecule has 3 heteroatoms. The molecule has 0 radical (unpaired) electrons. The summed E-state index contributed by atoms with van der Waals surface area (Å²) in [6, 6.07) is 17.2. The molecule has 0 N–H and O–H groups in total. The van der Waals surface area contributed by atoms with Crippen molar-refractivity contribution in [2.24, 2.45) is 0 Å². The standard InChI is InChI=1S/C17H11NS2/c1-3-12-11-18-9-8-13(12)14(4-1)15-6-7-17(20-15)16-5-2-10-19-16/h1-11H. The second-order valence-corrected chi connectivity index (χ2v) is 6.58. The maximum absolute atomic E-state index is 4.20. The van der Waals surface area contributed by atoms with E-state index >= 15 is 0 Å². The molecule has 0 aliphatic heterocycles. The lowest BCUT2D eigenvalue weighted by molar-refractivity contribution is 1.36. The summed E-state index contributed by atoms with van der Waals surface area (Å²) in [4.78, 5) is 8.18. The van der Waals surface area contributed by atoms with Crippen molar-refractivity contribution in [3.63, 3.8) is 0 Å². The highest BCUT2D eigenvalue weighted by atomic mass is 32.1. The normalized spacial score (nSPS) is 11.0. The average Bonchev–Trinajstić information content (AvgIpc) is 3.17. The summed E-state index contributed by atoms with van der Waals surface area (Å²) in [6.45, 7) is 0. The number of pyridine rings is 1. The molecule has 0 saturated carbocycles. The number of fused-ring (bicyclic) bond motifs is 1. The molecule has 0 aliphatic carbocycles. The Balaban J connectivity index is 1.88. The van der Waals surface area contributed by atoms with Crippen LogP contribution in [0.3, 0.4) is 0 Å². The van der Waals surface area contributed by atoms with Crippen LogP contribution in [0.2, 0.25) is 0 Å². The van der Waals surface area contributed by atoms with Crippen LogP contribution in [0.5, 0.6) is 0 Å². The molecule has 20 heavy (non-hydrogen) atoms. The summed E-state index contributed by atoms with van der Waals surface area (Å²) in [5.74, 6) is 0. The minimum Gasteiger partial charge on any atom is -0.264 e. The molecule has 96 valence electrons. The van der Waals surface area contributed by atoms with Crippen LogP contribution in [0, 0.1) is 0 Å². The molecule has 4 rings (SSSR count). The Morgan fingerprint density at radius 2 is 1.75 bits per heavy atom. The first-order valence-corrected chi connectivity index (χ1v) is 8.08. The maximum atomic E-state index is 4.20. The van der Waals surface area contributed by atoms with E-state index in [0.717, 1.165) is 0 Å². The molecule has 0 saturated heterocycles. The van der Waals surface area contributed by atoms with Crippen LogP contribution in [-0.2, 0) is 0 Å². The third kappa shape index (κ3) is 1.96. The van der Waals surface area contributed by atoms with E-state index in [0.29, 0.717) is 0 Å². The molecule has 0 amide bonds. The quantitative estimate of drug-likeness (QED) is 0.462. The number of aromatic nitrogens is 1. The molecule has 3 aromatic heterocycles. The van der Waals surface area contributed by atoms with Gasteiger partial charge in [-0.1, -0.05) is 24.3 Å². The predicted octanol–water partition coefficient (Wildman–Crippen LogP) is 5.69. The first-order chi connectivity index (χ1) is 9.92. The maximum Gasteiger partial charge on any atom is 0.0449 e. The largest absolute Gasteiger partial charge is 0.264 e. The molecule has 0 bridgehead atoms. The van der Waals surface area contributed by atoms with Crippen molar-refractivity contribution in [1.29, 1.82) is 0 Å². The van der Waals surface area contributed by atoms with E-state index in [1.54, 1.807) is 11.3 Å². The van der Waals surface area contributed by atoms with Gasteiger partial charge in [-0.05, 0) is 40.6 Å². The fraction of sp³-hybridized carbons (Fsp3) is 0. The lowest BCUT2D eigenvalue weighted by atomic mass is 10.1. The van der Waals surface area contributed by atoms with Crippen LogP contribution < -0.4 is 0 Å². The summed E-state index contributed by atoms with van der Waals surface area (Å²) >= 11 is 3.64. The van der Waals surface area contributed by atoms with Gasteiger partial charge in [-0.15, -0.1) is 22.7 Å². The van der Waals surface area contributed by atoms with Crippen molar-refractivity contribution in [3.05, 3.63) is 66.3 Å². The fourth-order valence-electron chi connectivity index (χ4n) is 2.37. The Kier molecular flexibility index (Phi) is 2.87. The van der Waals surface area contributed by atoms with E-state index in [4.69, 9.17) is 0 Å². The number of rotatable bonds is 2. The van der Waals surface area contributed by atoms with E-state index in [1.807, 2.05) is 23.7 Å². The average molecular weight is 293 g/mol. The van der Waals surface area contributed by atoms with Crippen LogP contribution >= 0.6 is 22.7 Å². The lowest BCUT2D eigenvalue weighted by Crippen LogP contribution is -1.79. The van der Waals surface area contributed by atoms with Crippen LogP contribution in [-0.4, -0.2) is 4.98 Å². The van der Waals surface area contributed by atoms with Gasteiger partial charge in [-0.25, -0.2) is 0 Å². The van der Waals surface area contributed by atoms with Gasteiger partial charge in [-0.2, -0.15) is 0 Å². The zero-order valence-electron chi connectivity index (χ0n) is 10.6. The second kappa shape index (κ2) is 4.85. The van der Waals surface area contributed by atoms with Gasteiger partial charge in [0.15, 0.2) is 0 Å². The predicted molar refractivity (Wildman–Crippen MR) is 88.4 cm³/mol. The van der Waals surface area contributed by atoms with Gasteiger partial charge in [0.05, 0.1) is 0 Å². The van der Waals surface area contributed by atoms with Gasteiger partial charge < -0.3 is 0 Å². The summed E-state index contributed by atoms with van der Waals surface area (Å²) in [7, 11) is 0.